The van der Waals surface area contributed by atoms with Crippen LogP contribution in [-0.2, 0) is 49.6 Å². The molecule has 3 aliphatic heterocycles. The SMILES string of the molecule is CC[C@H](C)[C@@H]1NC(=O)CNC(=O)[C@@H]2Cc3c([nH]c4cc(O)ccc34)SC[C@H](NC(=O)CNC1=O)C(=O)N[C@H](CC(N)=O)C(=O)N1C[C@H](O)C[C@H]1C(=O)NC([C@@H](C)[C@@H](C)O)C(=O)N2. The van der Waals surface area contributed by atoms with E-state index in [1.807, 2.05) is 0 Å². The summed E-state index contributed by atoms with van der Waals surface area (Å²) < 4.78 is 0. The summed E-state index contributed by atoms with van der Waals surface area (Å²) in [5, 5.41) is 50.2. The average Bonchev–Trinajstić information content (AvgIpc) is 3.78. The molecule has 4 heterocycles. The number of rotatable bonds is 6. The molecule has 0 saturated carbocycles. The Labute approximate surface area is 360 Å². The lowest BCUT2D eigenvalue weighted by Crippen LogP contribution is -2.61. The van der Waals surface area contributed by atoms with Crippen LogP contribution in [0.1, 0.15) is 52.5 Å². The standard InChI is InChI=1S/C39H54N10O12S/c1-5-16(2)31-36(59)42-12-29(54)43-26-15-62-38-22(21-7-6-19(51)8-23(21)46-38)10-24(33(56)41-13-30(55)47-31)44-37(60)32(17(3)18(4)50)48-35(58)27-9-20(52)14-49(27)39(61)25(11-28(40)53)45-34(26)57/h6-8,16-18,20,24-27,31-32,46,50-52H,5,9-15H2,1-4H3,(H2,40,53)(H,41,56)(H,42,59)(H,43,54)(H,44,60)(H,45,57)(H,47,55)(H,48,58)/t16-,17-,18+,20+,24-,25+,26-,27-,31-,32?/m0/s1. The summed E-state index contributed by atoms with van der Waals surface area (Å²) in [6.45, 7) is 4.55. The molecule has 0 aliphatic carbocycles. The van der Waals surface area contributed by atoms with Crippen LogP contribution in [0.3, 0.4) is 0 Å². The Balaban J connectivity index is 1.70. The largest absolute Gasteiger partial charge is 0.508 e. The number of H-pyrrole nitrogens is 1. The van der Waals surface area contributed by atoms with Crippen molar-refractivity contribution < 1.29 is 58.5 Å². The van der Waals surface area contributed by atoms with Gasteiger partial charge in [-0.2, -0.15) is 0 Å². The Bertz CT molecular complexity index is 2100. The van der Waals surface area contributed by atoms with E-state index in [-0.39, 0.29) is 24.3 Å². The zero-order valence-corrected chi connectivity index (χ0v) is 35.4. The van der Waals surface area contributed by atoms with Gasteiger partial charge in [0, 0.05) is 42.5 Å². The van der Waals surface area contributed by atoms with Crippen LogP contribution in [0.5, 0.6) is 5.75 Å². The molecule has 1 fully saturated rings. The van der Waals surface area contributed by atoms with E-state index >= 15 is 0 Å². The van der Waals surface area contributed by atoms with Crippen molar-refractivity contribution in [3.8, 4) is 5.75 Å². The smallest absolute Gasteiger partial charge is 0.246 e. The molecule has 62 heavy (non-hydrogen) atoms. The number of aliphatic hydroxyl groups is 2. The monoisotopic (exact) mass is 886 g/mol. The first-order valence-electron chi connectivity index (χ1n) is 20.2. The van der Waals surface area contributed by atoms with Gasteiger partial charge < -0.3 is 68.2 Å². The zero-order valence-electron chi connectivity index (χ0n) is 34.6. The van der Waals surface area contributed by atoms with Gasteiger partial charge in [0.25, 0.3) is 0 Å². The van der Waals surface area contributed by atoms with Gasteiger partial charge >= 0.3 is 0 Å². The van der Waals surface area contributed by atoms with Gasteiger partial charge in [0.1, 0.15) is 42.0 Å². The Kier molecular flexibility index (Phi) is 15.4. The van der Waals surface area contributed by atoms with Crippen LogP contribution in [0.2, 0.25) is 0 Å². The Morgan fingerprint density at radius 1 is 0.855 bits per heavy atom. The molecule has 23 heteroatoms. The summed E-state index contributed by atoms with van der Waals surface area (Å²) in [5.74, 6) is -10.0. The van der Waals surface area contributed by atoms with E-state index in [0.717, 1.165) is 16.7 Å². The lowest BCUT2D eigenvalue weighted by Gasteiger charge is -2.32. The van der Waals surface area contributed by atoms with E-state index in [1.54, 1.807) is 19.9 Å². The Morgan fingerprint density at radius 3 is 2.19 bits per heavy atom. The number of aromatic nitrogens is 1. The second-order valence-electron chi connectivity index (χ2n) is 15.9. The number of nitrogens with zero attached hydrogens (tertiary/aromatic N) is 1. The number of amides is 9. The number of nitrogens with one attached hydrogen (secondary N) is 8. The number of aromatic hydroxyl groups is 1. The number of fused-ring (bicyclic) bond motifs is 5. The molecule has 0 spiro atoms. The maximum Gasteiger partial charge on any atom is 0.246 e. The van der Waals surface area contributed by atoms with E-state index in [1.165, 1.54) is 26.0 Å². The van der Waals surface area contributed by atoms with Crippen LogP contribution in [0.15, 0.2) is 23.2 Å². The fourth-order valence-electron chi connectivity index (χ4n) is 7.45. The van der Waals surface area contributed by atoms with Crippen LogP contribution < -0.4 is 43.0 Å². The minimum Gasteiger partial charge on any atom is -0.508 e. The highest BCUT2D eigenvalue weighted by molar-refractivity contribution is 7.99. The van der Waals surface area contributed by atoms with Crippen LogP contribution in [0.25, 0.3) is 10.9 Å². The molecule has 10 atom stereocenters. The minimum absolute atomic E-state index is 0.127. The van der Waals surface area contributed by atoms with Gasteiger partial charge in [-0.15, -0.1) is 11.8 Å². The van der Waals surface area contributed by atoms with Gasteiger partial charge in [-0.05, 0) is 30.5 Å². The normalized spacial score (nSPS) is 27.8. The number of aliphatic hydroxyl groups excluding tert-OH is 2. The first-order valence-corrected chi connectivity index (χ1v) is 21.2. The maximum absolute atomic E-state index is 14.4. The highest BCUT2D eigenvalue weighted by atomic mass is 32.2. The van der Waals surface area contributed by atoms with Crippen molar-refractivity contribution in [3.63, 3.8) is 0 Å². The molecule has 1 aromatic carbocycles. The van der Waals surface area contributed by atoms with Gasteiger partial charge in [-0.3, -0.25) is 43.2 Å². The molecule has 3 aliphatic rings. The fourth-order valence-corrected chi connectivity index (χ4v) is 8.57. The first kappa shape index (κ1) is 47.1. The summed E-state index contributed by atoms with van der Waals surface area (Å²) in [4.78, 5) is 128. The summed E-state index contributed by atoms with van der Waals surface area (Å²) in [5.41, 5.74) is 6.26. The van der Waals surface area contributed by atoms with Crippen LogP contribution in [0, 0.1) is 11.8 Å². The van der Waals surface area contributed by atoms with Crippen molar-refractivity contribution in [2.75, 3.05) is 25.4 Å². The first-order chi connectivity index (χ1) is 29.3. The number of carbonyl (C=O) groups excluding carboxylic acids is 9. The number of hydrogen-bond donors (Lipinski definition) is 12. The summed E-state index contributed by atoms with van der Waals surface area (Å²) >= 11 is 0.974. The average molecular weight is 887 g/mol. The number of phenolic OH excluding ortho intramolecular Hbond substituents is 1. The van der Waals surface area contributed by atoms with E-state index in [0.29, 0.717) is 27.9 Å². The lowest BCUT2D eigenvalue weighted by molar-refractivity contribution is -0.144. The molecule has 2 aromatic rings. The van der Waals surface area contributed by atoms with Crippen molar-refractivity contribution in [2.24, 2.45) is 17.6 Å². The van der Waals surface area contributed by atoms with Crippen molar-refractivity contribution in [1.29, 1.82) is 0 Å². The number of phenols is 1. The summed E-state index contributed by atoms with van der Waals surface area (Å²) in [6.07, 6.45) is -3.44. The Morgan fingerprint density at radius 2 is 1.53 bits per heavy atom. The lowest BCUT2D eigenvalue weighted by atomic mass is 9.94. The molecule has 0 radical (unpaired) electrons. The fraction of sp³-hybridized carbons (Fsp3) is 0.564. The number of thioether (sulfide) groups is 1. The number of primary amides is 1. The van der Waals surface area contributed by atoms with Gasteiger partial charge in [0.2, 0.25) is 53.2 Å². The number of nitrogens with two attached hydrogens (primary N) is 1. The highest BCUT2D eigenvalue weighted by Gasteiger charge is 2.44. The van der Waals surface area contributed by atoms with Gasteiger partial charge in [-0.1, -0.05) is 27.2 Å². The van der Waals surface area contributed by atoms with Crippen LogP contribution in [0.4, 0.5) is 0 Å². The van der Waals surface area contributed by atoms with E-state index < -0.39 is 140 Å². The van der Waals surface area contributed by atoms with Crippen LogP contribution in [-0.4, -0.2) is 152 Å². The third-order valence-corrected chi connectivity index (χ3v) is 12.5. The molecular formula is C39H54N10O12S. The number of benzene rings is 1. The zero-order chi connectivity index (χ0) is 45.6. The second kappa shape index (κ2) is 20.3. The molecule has 13 N–H and O–H groups in total. The quantitative estimate of drug-likeness (QED) is 0.132. The molecule has 338 valence electrons. The van der Waals surface area contributed by atoms with E-state index in [4.69, 9.17) is 5.73 Å². The van der Waals surface area contributed by atoms with Crippen LogP contribution >= 0.6 is 11.8 Å². The molecule has 9 amide bonds. The molecule has 1 saturated heterocycles. The predicted molar refractivity (Wildman–Crippen MR) is 220 cm³/mol. The minimum atomic E-state index is -1.71. The number of carbonyl (C=O) groups is 9. The maximum atomic E-state index is 14.4. The summed E-state index contributed by atoms with van der Waals surface area (Å²) in [7, 11) is 0. The molecule has 1 aromatic heterocycles. The van der Waals surface area contributed by atoms with Gasteiger partial charge in [-0.25, -0.2) is 0 Å². The molecule has 2 bridgehead atoms. The topological polar surface area (TPSA) is 344 Å². The third-order valence-electron chi connectivity index (χ3n) is 11.3. The van der Waals surface area contributed by atoms with E-state index in [2.05, 4.69) is 42.2 Å². The molecule has 5 rings (SSSR count). The Hall–Kier alpha value is -5.94. The van der Waals surface area contributed by atoms with Crippen molar-refractivity contribution in [2.45, 2.75) is 107 Å². The molecular weight excluding hydrogens is 833 g/mol. The van der Waals surface area contributed by atoms with Gasteiger partial charge in [0.15, 0.2) is 0 Å². The molecule has 1 unspecified atom stereocenters. The third kappa shape index (κ3) is 11.3. The highest BCUT2D eigenvalue weighted by Crippen LogP contribution is 2.33. The van der Waals surface area contributed by atoms with E-state index in [9.17, 15) is 58.5 Å². The predicted octanol–water partition coefficient (Wildman–Crippen LogP) is -3.91. The number of aromatic amines is 1. The summed E-state index contributed by atoms with van der Waals surface area (Å²) in [6, 6.07) is -4.58. The second-order valence-corrected chi connectivity index (χ2v) is 17.0. The van der Waals surface area contributed by atoms with Crippen molar-refractivity contribution >= 4 is 75.8 Å². The van der Waals surface area contributed by atoms with Crippen molar-refractivity contribution in [1.82, 2.24) is 47.1 Å². The number of hydrogen-bond acceptors (Lipinski definition) is 13. The van der Waals surface area contributed by atoms with Gasteiger partial charge in [0.05, 0.1) is 42.3 Å². The molecule has 22 nitrogen and oxygen atoms in total. The van der Waals surface area contributed by atoms with Crippen molar-refractivity contribution in [3.05, 3.63) is 23.8 Å².